The summed E-state index contributed by atoms with van der Waals surface area (Å²) in [4.78, 5) is 16.7. The normalized spacial score (nSPS) is 29.6. The van der Waals surface area contributed by atoms with Crippen molar-refractivity contribution >= 4 is 5.78 Å². The minimum absolute atomic E-state index is 0.0525. The topological polar surface area (TPSA) is 51.2 Å². The molecule has 0 amide bonds. The third kappa shape index (κ3) is 2.70. The maximum Gasteiger partial charge on any atom is 0.181 e. The van der Waals surface area contributed by atoms with Crippen molar-refractivity contribution in [2.24, 2.45) is 5.92 Å². The molecule has 0 aromatic carbocycles. The number of pyridine rings is 1. The first-order chi connectivity index (χ1) is 9.78. The molecule has 3 unspecified atom stereocenters. The molecule has 1 saturated carbocycles. The van der Waals surface area contributed by atoms with Gasteiger partial charge >= 0.3 is 0 Å². The molecule has 4 heteroatoms. The minimum Gasteiger partial charge on any atom is -0.495 e. The van der Waals surface area contributed by atoms with Crippen molar-refractivity contribution in [3.8, 4) is 5.75 Å². The van der Waals surface area contributed by atoms with E-state index in [0.29, 0.717) is 17.4 Å². The molecule has 1 aromatic heterocycles. The molecule has 0 radical (unpaired) electrons. The van der Waals surface area contributed by atoms with E-state index in [1.54, 1.807) is 25.6 Å². The average molecular weight is 274 g/mol. The maximum atomic E-state index is 12.6. The van der Waals surface area contributed by atoms with Gasteiger partial charge in [-0.3, -0.25) is 9.78 Å². The van der Waals surface area contributed by atoms with E-state index in [1.807, 2.05) is 0 Å². The van der Waals surface area contributed by atoms with Gasteiger partial charge in [0.05, 0.1) is 19.3 Å². The molecule has 1 aromatic rings. The number of hydrogen-bond acceptors (Lipinski definition) is 4. The predicted octanol–water partition coefficient (Wildman–Crippen LogP) is 2.58. The van der Waals surface area contributed by atoms with Gasteiger partial charge in [0.15, 0.2) is 5.78 Å². The second-order valence-corrected chi connectivity index (χ2v) is 5.93. The summed E-state index contributed by atoms with van der Waals surface area (Å²) in [7, 11) is 1.59. The van der Waals surface area contributed by atoms with E-state index in [0.717, 1.165) is 12.3 Å². The van der Waals surface area contributed by atoms with Crippen molar-refractivity contribution in [2.75, 3.05) is 7.11 Å². The number of carbonyl (C=O) groups excluding carboxylic acids is 1. The molecule has 2 aliphatic rings. The molecule has 1 saturated heterocycles. The van der Waals surface area contributed by atoms with Crippen LogP contribution in [0, 0.1) is 5.92 Å². The predicted molar refractivity (Wildman–Crippen MR) is 77.0 cm³/mol. The highest BCUT2D eigenvalue weighted by atomic mass is 16.5. The Balaban J connectivity index is 1.70. The largest absolute Gasteiger partial charge is 0.495 e. The summed E-state index contributed by atoms with van der Waals surface area (Å²) in [5.74, 6) is 1.57. The van der Waals surface area contributed by atoms with Crippen LogP contribution < -0.4 is 10.1 Å². The highest BCUT2D eigenvalue weighted by molar-refractivity contribution is 6.00. The van der Waals surface area contributed by atoms with Crippen LogP contribution in [0.1, 0.15) is 48.9 Å². The fourth-order valence-electron chi connectivity index (χ4n) is 3.57. The van der Waals surface area contributed by atoms with Gasteiger partial charge in [0.1, 0.15) is 5.75 Å². The zero-order valence-electron chi connectivity index (χ0n) is 12.0. The Morgan fingerprint density at radius 2 is 2.10 bits per heavy atom. The summed E-state index contributed by atoms with van der Waals surface area (Å²) in [6.07, 6.45) is 10.5. The Labute approximate surface area is 119 Å². The van der Waals surface area contributed by atoms with E-state index in [1.165, 1.54) is 32.1 Å². The summed E-state index contributed by atoms with van der Waals surface area (Å²) < 4.78 is 5.14. The molecular weight excluding hydrogens is 252 g/mol. The van der Waals surface area contributed by atoms with Crippen LogP contribution in [0.4, 0.5) is 0 Å². The number of fused-ring (bicyclic) bond motifs is 1. The molecule has 20 heavy (non-hydrogen) atoms. The molecule has 4 nitrogen and oxygen atoms in total. The third-order valence-corrected chi connectivity index (χ3v) is 4.70. The Morgan fingerprint density at radius 3 is 2.95 bits per heavy atom. The van der Waals surface area contributed by atoms with Crippen molar-refractivity contribution in [3.63, 3.8) is 0 Å². The molecule has 1 aliphatic heterocycles. The molecule has 3 rings (SSSR count). The van der Waals surface area contributed by atoms with Gasteiger partial charge in [-0.2, -0.15) is 0 Å². The molecule has 1 aliphatic carbocycles. The van der Waals surface area contributed by atoms with Crippen LogP contribution in [-0.4, -0.2) is 30.0 Å². The first-order valence-corrected chi connectivity index (χ1v) is 7.57. The number of nitrogens with one attached hydrogen (secondary N) is 1. The quantitative estimate of drug-likeness (QED) is 0.861. The number of ketones is 1. The monoisotopic (exact) mass is 274 g/mol. The third-order valence-electron chi connectivity index (χ3n) is 4.70. The molecular formula is C16H22N2O2. The number of ether oxygens (including phenoxy) is 1. The molecule has 2 heterocycles. The summed E-state index contributed by atoms with van der Waals surface area (Å²) >= 11 is 0. The van der Waals surface area contributed by atoms with Crippen molar-refractivity contribution in [1.82, 2.24) is 10.3 Å². The second-order valence-electron chi connectivity index (χ2n) is 5.93. The SMILES string of the molecule is COc1cncc(C(=O)C2CCC3CCCCC3N2)c1. The van der Waals surface area contributed by atoms with E-state index >= 15 is 0 Å². The van der Waals surface area contributed by atoms with E-state index in [2.05, 4.69) is 10.3 Å². The minimum atomic E-state index is -0.0525. The number of nitrogens with zero attached hydrogens (tertiary/aromatic N) is 1. The van der Waals surface area contributed by atoms with Gasteiger partial charge in [-0.25, -0.2) is 0 Å². The van der Waals surface area contributed by atoms with E-state index in [-0.39, 0.29) is 11.8 Å². The Bertz CT molecular complexity index is 489. The zero-order chi connectivity index (χ0) is 13.9. The zero-order valence-corrected chi connectivity index (χ0v) is 12.0. The lowest BCUT2D eigenvalue weighted by Gasteiger charge is -2.40. The Morgan fingerprint density at radius 1 is 1.25 bits per heavy atom. The summed E-state index contributed by atoms with van der Waals surface area (Å²) in [5.41, 5.74) is 0.649. The van der Waals surface area contributed by atoms with E-state index < -0.39 is 0 Å². The van der Waals surface area contributed by atoms with Gasteiger partial charge in [0.2, 0.25) is 0 Å². The molecule has 3 atom stereocenters. The molecule has 108 valence electrons. The number of aromatic nitrogens is 1. The number of methoxy groups -OCH3 is 1. The summed E-state index contributed by atoms with van der Waals surface area (Å²) in [6, 6.07) is 2.26. The van der Waals surface area contributed by atoms with Gasteiger partial charge in [-0.1, -0.05) is 12.8 Å². The van der Waals surface area contributed by atoms with Crippen LogP contribution in [0.3, 0.4) is 0 Å². The number of rotatable bonds is 3. The Hall–Kier alpha value is -1.42. The fraction of sp³-hybridized carbons (Fsp3) is 0.625. The van der Waals surface area contributed by atoms with Crippen LogP contribution in [0.15, 0.2) is 18.5 Å². The molecule has 1 N–H and O–H groups in total. The Kier molecular flexibility index (Phi) is 4.01. The summed E-state index contributed by atoms with van der Waals surface area (Å²) in [6.45, 7) is 0. The van der Waals surface area contributed by atoms with Crippen LogP contribution >= 0.6 is 0 Å². The van der Waals surface area contributed by atoms with Gasteiger partial charge in [-0.15, -0.1) is 0 Å². The standard InChI is InChI=1S/C16H22N2O2/c1-20-13-8-12(9-17-10-13)16(19)15-7-6-11-4-2-3-5-14(11)18-15/h8-11,14-15,18H,2-7H2,1H3. The number of Topliss-reactive ketones (excluding diaryl/α,β-unsaturated/α-hetero) is 1. The van der Waals surface area contributed by atoms with Crippen LogP contribution in [0.25, 0.3) is 0 Å². The van der Waals surface area contributed by atoms with Gasteiger partial charge < -0.3 is 10.1 Å². The average Bonchev–Trinajstić information content (AvgIpc) is 2.53. The lowest BCUT2D eigenvalue weighted by Crippen LogP contribution is -2.52. The van der Waals surface area contributed by atoms with E-state index in [9.17, 15) is 4.79 Å². The summed E-state index contributed by atoms with van der Waals surface area (Å²) in [5, 5.41) is 3.57. The van der Waals surface area contributed by atoms with Crippen molar-refractivity contribution < 1.29 is 9.53 Å². The fourth-order valence-corrected chi connectivity index (χ4v) is 3.57. The smallest absolute Gasteiger partial charge is 0.181 e. The van der Waals surface area contributed by atoms with Crippen LogP contribution in [0.5, 0.6) is 5.75 Å². The van der Waals surface area contributed by atoms with Gasteiger partial charge in [0, 0.05) is 17.8 Å². The first kappa shape index (κ1) is 13.6. The van der Waals surface area contributed by atoms with Gasteiger partial charge in [0.25, 0.3) is 0 Å². The highest BCUT2D eigenvalue weighted by Gasteiger charge is 2.34. The molecule has 0 bridgehead atoms. The maximum absolute atomic E-state index is 12.6. The van der Waals surface area contributed by atoms with Crippen molar-refractivity contribution in [1.29, 1.82) is 0 Å². The number of carbonyl (C=O) groups is 1. The lowest BCUT2D eigenvalue weighted by atomic mass is 9.77. The highest BCUT2D eigenvalue weighted by Crippen LogP contribution is 2.33. The first-order valence-electron chi connectivity index (χ1n) is 7.57. The van der Waals surface area contributed by atoms with Crippen LogP contribution in [0.2, 0.25) is 0 Å². The number of piperidine rings is 1. The molecule has 2 fully saturated rings. The van der Waals surface area contributed by atoms with E-state index in [4.69, 9.17) is 4.74 Å². The second kappa shape index (κ2) is 5.92. The number of hydrogen-bond donors (Lipinski definition) is 1. The van der Waals surface area contributed by atoms with Crippen molar-refractivity contribution in [3.05, 3.63) is 24.0 Å². The molecule has 0 spiro atoms. The van der Waals surface area contributed by atoms with Gasteiger partial charge in [-0.05, 0) is 37.7 Å². The van der Waals surface area contributed by atoms with Crippen molar-refractivity contribution in [2.45, 2.75) is 50.6 Å². The lowest BCUT2D eigenvalue weighted by molar-refractivity contribution is 0.0861. The van der Waals surface area contributed by atoms with Crippen LogP contribution in [-0.2, 0) is 0 Å².